The average Bonchev–Trinajstić information content (AvgIpc) is 2.67. The first-order valence-corrected chi connectivity index (χ1v) is 5.90. The molecule has 5 heteroatoms. The molecule has 1 atom stereocenters. The van der Waals surface area contributed by atoms with Gasteiger partial charge in [-0.3, -0.25) is 4.79 Å². The number of hydrogen-bond donors (Lipinski definition) is 2. The van der Waals surface area contributed by atoms with Crippen LogP contribution in [0.2, 0.25) is 0 Å². The molecule has 1 aromatic carbocycles. The Bertz CT molecular complexity index is 448. The highest BCUT2D eigenvalue weighted by molar-refractivity contribution is 5.79. The molecule has 2 N–H and O–H groups in total. The third-order valence-electron chi connectivity index (χ3n) is 3.15. The van der Waals surface area contributed by atoms with Crippen molar-refractivity contribution in [2.45, 2.75) is 31.7 Å². The van der Waals surface area contributed by atoms with E-state index in [2.05, 4.69) is 5.32 Å². The van der Waals surface area contributed by atoms with Gasteiger partial charge in [0.2, 0.25) is 11.8 Å². The molecule has 1 unspecified atom stereocenters. The maximum Gasteiger partial charge on any atom is 0.248 e. The molecule has 0 aliphatic heterocycles. The third kappa shape index (κ3) is 3.18. The van der Waals surface area contributed by atoms with Gasteiger partial charge >= 0.3 is 0 Å². The molecule has 0 bridgehead atoms. The monoisotopic (exact) mass is 255 g/mol. The van der Waals surface area contributed by atoms with Crippen molar-refractivity contribution >= 4 is 5.91 Å². The second-order valence-corrected chi connectivity index (χ2v) is 4.68. The number of phenols is 1. The zero-order valence-electron chi connectivity index (χ0n) is 9.83. The predicted octanol–water partition coefficient (Wildman–Crippen LogP) is 2.44. The van der Waals surface area contributed by atoms with Gasteiger partial charge in [-0.15, -0.1) is 0 Å². The highest BCUT2D eigenvalue weighted by Gasteiger charge is 2.42. The molecule has 1 amide bonds. The number of amides is 1. The Kier molecular flexibility index (Phi) is 3.50. The van der Waals surface area contributed by atoms with E-state index in [0.717, 1.165) is 5.56 Å². The Morgan fingerprint density at radius 1 is 1.50 bits per heavy atom. The summed E-state index contributed by atoms with van der Waals surface area (Å²) in [5.74, 6) is -3.52. The number of hydrogen-bond acceptors (Lipinski definition) is 2. The van der Waals surface area contributed by atoms with Gasteiger partial charge in [-0.1, -0.05) is 12.1 Å². The Balaban J connectivity index is 1.86. The molecule has 0 aromatic heterocycles. The molecule has 0 heterocycles. The van der Waals surface area contributed by atoms with Crippen LogP contribution in [-0.2, 0) is 11.3 Å². The SMILES string of the molecule is O=C(NCc1cccc(O)c1)C1CCC(F)(F)C1. The molecule has 1 aliphatic carbocycles. The fraction of sp³-hybridized carbons (Fsp3) is 0.462. The number of carbonyl (C=O) groups excluding carboxylic acids is 1. The van der Waals surface area contributed by atoms with E-state index in [1.54, 1.807) is 12.1 Å². The summed E-state index contributed by atoms with van der Waals surface area (Å²) >= 11 is 0. The van der Waals surface area contributed by atoms with Gasteiger partial charge in [-0.2, -0.15) is 0 Å². The lowest BCUT2D eigenvalue weighted by Gasteiger charge is -2.11. The van der Waals surface area contributed by atoms with Crippen LogP contribution in [0.1, 0.15) is 24.8 Å². The number of alkyl halides is 2. The van der Waals surface area contributed by atoms with Crippen LogP contribution in [0.15, 0.2) is 24.3 Å². The first kappa shape index (κ1) is 12.8. The highest BCUT2D eigenvalue weighted by atomic mass is 19.3. The fourth-order valence-electron chi connectivity index (χ4n) is 2.17. The van der Waals surface area contributed by atoms with Crippen molar-refractivity contribution in [3.63, 3.8) is 0 Å². The van der Waals surface area contributed by atoms with Crippen molar-refractivity contribution in [2.24, 2.45) is 5.92 Å². The number of carbonyl (C=O) groups is 1. The van der Waals surface area contributed by atoms with Crippen molar-refractivity contribution < 1.29 is 18.7 Å². The lowest BCUT2D eigenvalue weighted by atomic mass is 10.1. The highest BCUT2D eigenvalue weighted by Crippen LogP contribution is 2.38. The molecule has 1 aromatic rings. The summed E-state index contributed by atoms with van der Waals surface area (Å²) in [6.45, 7) is 0.245. The lowest BCUT2D eigenvalue weighted by Crippen LogP contribution is -2.29. The van der Waals surface area contributed by atoms with Crippen molar-refractivity contribution in [1.29, 1.82) is 0 Å². The molecule has 0 spiro atoms. The second kappa shape index (κ2) is 4.92. The van der Waals surface area contributed by atoms with E-state index in [0.29, 0.717) is 0 Å². The van der Waals surface area contributed by atoms with E-state index in [1.807, 2.05) is 0 Å². The molecule has 3 nitrogen and oxygen atoms in total. The Morgan fingerprint density at radius 2 is 2.28 bits per heavy atom. The van der Waals surface area contributed by atoms with Crippen LogP contribution in [0.3, 0.4) is 0 Å². The van der Waals surface area contributed by atoms with Gasteiger partial charge < -0.3 is 10.4 Å². The van der Waals surface area contributed by atoms with E-state index in [4.69, 9.17) is 0 Å². The van der Waals surface area contributed by atoms with E-state index >= 15 is 0 Å². The third-order valence-corrected chi connectivity index (χ3v) is 3.15. The number of nitrogens with one attached hydrogen (secondary N) is 1. The van der Waals surface area contributed by atoms with Crippen LogP contribution in [0.5, 0.6) is 5.75 Å². The first-order valence-electron chi connectivity index (χ1n) is 5.90. The normalized spacial score (nSPS) is 21.8. The van der Waals surface area contributed by atoms with Crippen molar-refractivity contribution in [1.82, 2.24) is 5.32 Å². The van der Waals surface area contributed by atoms with Crippen molar-refractivity contribution in [3.05, 3.63) is 29.8 Å². The molecule has 98 valence electrons. The Morgan fingerprint density at radius 3 is 2.89 bits per heavy atom. The molecular weight excluding hydrogens is 240 g/mol. The van der Waals surface area contributed by atoms with E-state index in [-0.39, 0.29) is 37.5 Å². The van der Waals surface area contributed by atoms with E-state index in [1.165, 1.54) is 12.1 Å². The van der Waals surface area contributed by atoms with Gasteiger partial charge in [0.15, 0.2) is 0 Å². The standard InChI is InChI=1S/C13H15F2NO2/c14-13(15)5-4-10(7-13)12(18)16-8-9-2-1-3-11(17)6-9/h1-3,6,10,17H,4-5,7-8H2,(H,16,18). The zero-order chi connectivity index (χ0) is 13.2. The van der Waals surface area contributed by atoms with Crippen molar-refractivity contribution in [3.8, 4) is 5.75 Å². The van der Waals surface area contributed by atoms with Crippen molar-refractivity contribution in [2.75, 3.05) is 0 Å². The summed E-state index contributed by atoms with van der Waals surface area (Å²) in [7, 11) is 0. The largest absolute Gasteiger partial charge is 0.508 e. The van der Waals surface area contributed by atoms with E-state index in [9.17, 15) is 18.7 Å². The van der Waals surface area contributed by atoms with E-state index < -0.39 is 11.8 Å². The number of benzene rings is 1. The molecular formula is C13H15F2NO2. The van der Waals surface area contributed by atoms with Crippen LogP contribution in [0.25, 0.3) is 0 Å². The predicted molar refractivity (Wildman–Crippen MR) is 62.2 cm³/mol. The summed E-state index contributed by atoms with van der Waals surface area (Å²) in [5, 5.41) is 11.9. The smallest absolute Gasteiger partial charge is 0.248 e. The Labute approximate surface area is 104 Å². The number of halogens is 2. The zero-order valence-corrected chi connectivity index (χ0v) is 9.83. The topological polar surface area (TPSA) is 49.3 Å². The van der Waals surface area contributed by atoms with Crippen LogP contribution in [0.4, 0.5) is 8.78 Å². The molecule has 1 aliphatic rings. The second-order valence-electron chi connectivity index (χ2n) is 4.68. The van der Waals surface area contributed by atoms with Gasteiger partial charge in [0, 0.05) is 25.3 Å². The lowest BCUT2D eigenvalue weighted by molar-refractivity contribution is -0.125. The molecule has 2 rings (SSSR count). The van der Waals surface area contributed by atoms with Crippen LogP contribution >= 0.6 is 0 Å². The van der Waals surface area contributed by atoms with Gasteiger partial charge in [-0.25, -0.2) is 8.78 Å². The summed E-state index contributed by atoms with van der Waals surface area (Å²) in [5.41, 5.74) is 0.744. The minimum absolute atomic E-state index is 0.120. The van der Waals surface area contributed by atoms with Gasteiger partial charge in [-0.05, 0) is 24.1 Å². The minimum Gasteiger partial charge on any atom is -0.508 e. The Hall–Kier alpha value is -1.65. The van der Waals surface area contributed by atoms with Crippen LogP contribution < -0.4 is 5.32 Å². The number of phenolic OH excluding ortho intramolecular Hbond substituents is 1. The summed E-state index contributed by atoms with van der Waals surface area (Å²) in [6.07, 6.45) is -0.338. The fourth-order valence-corrected chi connectivity index (χ4v) is 2.17. The maximum atomic E-state index is 13.0. The quantitative estimate of drug-likeness (QED) is 0.871. The molecule has 1 saturated carbocycles. The molecule has 0 radical (unpaired) electrons. The average molecular weight is 255 g/mol. The molecule has 1 fully saturated rings. The molecule has 18 heavy (non-hydrogen) atoms. The number of aromatic hydroxyl groups is 1. The van der Waals surface area contributed by atoms with Gasteiger partial charge in [0.1, 0.15) is 5.75 Å². The van der Waals surface area contributed by atoms with Crippen LogP contribution in [-0.4, -0.2) is 16.9 Å². The first-order chi connectivity index (χ1) is 8.46. The summed E-state index contributed by atoms with van der Waals surface area (Å²) in [4.78, 5) is 11.7. The van der Waals surface area contributed by atoms with Crippen LogP contribution in [0, 0.1) is 5.92 Å². The van der Waals surface area contributed by atoms with Gasteiger partial charge in [0.05, 0.1) is 0 Å². The molecule has 0 saturated heterocycles. The summed E-state index contributed by atoms with van der Waals surface area (Å²) in [6, 6.07) is 6.48. The number of rotatable bonds is 3. The maximum absolute atomic E-state index is 13.0. The minimum atomic E-state index is -2.70. The van der Waals surface area contributed by atoms with Gasteiger partial charge in [0.25, 0.3) is 0 Å². The summed E-state index contributed by atoms with van der Waals surface area (Å²) < 4.78 is 25.9.